The lowest BCUT2D eigenvalue weighted by atomic mass is 9.43. The average Bonchev–Trinajstić information content (AvgIpc) is 3.04. The Hall–Kier alpha value is -0.0400. The Balaban J connectivity index is 1.45. The summed E-state index contributed by atoms with van der Waals surface area (Å²) in [6.07, 6.45) is 17.4. The molecule has 0 aromatic carbocycles. The number of aliphatic hydroxyl groups is 1. The minimum absolute atomic E-state index is 0.219. The van der Waals surface area contributed by atoms with Crippen LogP contribution in [0.2, 0.25) is 0 Å². The van der Waals surface area contributed by atoms with Crippen LogP contribution in [0.25, 0.3) is 0 Å². The van der Waals surface area contributed by atoms with Crippen LogP contribution in [0.1, 0.15) is 139 Å². The molecule has 0 radical (unpaired) electrons. The summed E-state index contributed by atoms with van der Waals surface area (Å²) in [6.45, 7) is 19.7. The molecule has 0 amide bonds. The second-order valence-electron chi connectivity index (χ2n) is 15.9. The fourth-order valence-corrected chi connectivity index (χ4v) is 10.5. The van der Waals surface area contributed by atoms with E-state index in [0.29, 0.717) is 10.8 Å². The quantitative estimate of drug-likeness (QED) is 0.420. The molecule has 4 aliphatic carbocycles. The number of rotatable bonds is 6. The summed E-state index contributed by atoms with van der Waals surface area (Å²) in [5, 5.41) is 11.5. The van der Waals surface area contributed by atoms with Gasteiger partial charge in [0.15, 0.2) is 0 Å². The Morgan fingerprint density at radius 3 is 2.18 bits per heavy atom. The van der Waals surface area contributed by atoms with Crippen LogP contribution in [-0.2, 0) is 0 Å². The second-order valence-corrected chi connectivity index (χ2v) is 15.9. The monoisotopic (exact) mass is 458 g/mol. The molecule has 192 valence electrons. The van der Waals surface area contributed by atoms with Crippen molar-refractivity contribution in [1.82, 2.24) is 0 Å². The van der Waals surface area contributed by atoms with Crippen molar-refractivity contribution < 1.29 is 5.11 Å². The summed E-state index contributed by atoms with van der Waals surface area (Å²) in [6, 6.07) is 0. The lowest BCUT2D eigenvalue weighted by Gasteiger charge is -2.62. The van der Waals surface area contributed by atoms with Gasteiger partial charge in [0.05, 0.1) is 5.60 Å². The highest BCUT2D eigenvalue weighted by Crippen LogP contribution is 2.69. The number of fused-ring (bicyclic) bond motifs is 5. The van der Waals surface area contributed by atoms with E-state index in [2.05, 4.69) is 55.4 Å². The van der Waals surface area contributed by atoms with E-state index in [1.807, 2.05) is 0 Å². The van der Waals surface area contributed by atoms with Gasteiger partial charge in [-0.3, -0.25) is 0 Å². The van der Waals surface area contributed by atoms with Crippen LogP contribution >= 0.6 is 0 Å². The maximum Gasteiger partial charge on any atom is 0.0655 e. The highest BCUT2D eigenvalue weighted by atomic mass is 16.3. The van der Waals surface area contributed by atoms with E-state index < -0.39 is 5.60 Å². The normalized spacial score (nSPS) is 46.5. The van der Waals surface area contributed by atoms with Crippen molar-refractivity contribution in [3.05, 3.63) is 0 Å². The SMILES string of the molecule is CC(C)CCC[C@@H](C)[C@@H]1CC[C@@H]2[C@H]3CC[C@H]4C[C@](O)(CC(C)(C)C)CC[C@]4(C)[C@@H]3CC[C@]21C. The highest BCUT2D eigenvalue weighted by Gasteiger charge is 2.61. The van der Waals surface area contributed by atoms with Crippen LogP contribution in [-0.4, -0.2) is 10.7 Å². The molecule has 33 heavy (non-hydrogen) atoms. The zero-order chi connectivity index (χ0) is 24.2. The second kappa shape index (κ2) is 9.12. The lowest BCUT2D eigenvalue weighted by molar-refractivity contribution is -0.158. The molecule has 4 fully saturated rings. The third-order valence-electron chi connectivity index (χ3n) is 11.9. The third-order valence-corrected chi connectivity index (χ3v) is 11.9. The Morgan fingerprint density at radius 2 is 1.52 bits per heavy atom. The Kier molecular flexibility index (Phi) is 7.19. The van der Waals surface area contributed by atoms with Crippen molar-refractivity contribution in [1.29, 1.82) is 0 Å². The van der Waals surface area contributed by atoms with Gasteiger partial charge >= 0.3 is 0 Å². The molecule has 1 heteroatoms. The first-order valence-corrected chi connectivity index (χ1v) is 15.0. The summed E-state index contributed by atoms with van der Waals surface area (Å²) in [5.74, 6) is 6.33. The van der Waals surface area contributed by atoms with Gasteiger partial charge in [-0.1, -0.05) is 74.7 Å². The molecule has 0 spiro atoms. The largest absolute Gasteiger partial charge is 0.390 e. The topological polar surface area (TPSA) is 20.2 Å². The van der Waals surface area contributed by atoms with Crippen LogP contribution < -0.4 is 0 Å². The van der Waals surface area contributed by atoms with E-state index in [1.54, 1.807) is 0 Å². The standard InChI is InChI=1S/C32H58O/c1-22(2)10-9-11-23(3)26-14-15-27-25-13-12-24-20-32(33,21-29(4,5)6)19-18-30(24,7)28(25)16-17-31(26,27)8/h22-28,33H,9-21H2,1-8H3/t23-,24+,25-,26+,27-,28-,30+,31+,32+/m1/s1. The molecule has 0 aromatic heterocycles. The van der Waals surface area contributed by atoms with Gasteiger partial charge in [-0.15, -0.1) is 0 Å². The maximum atomic E-state index is 11.5. The van der Waals surface area contributed by atoms with Crippen molar-refractivity contribution in [3.8, 4) is 0 Å². The van der Waals surface area contributed by atoms with Crippen molar-refractivity contribution in [2.24, 2.45) is 57.7 Å². The molecule has 0 unspecified atom stereocenters. The molecule has 0 bridgehead atoms. The van der Waals surface area contributed by atoms with Crippen LogP contribution in [0.4, 0.5) is 0 Å². The fourth-order valence-electron chi connectivity index (χ4n) is 10.5. The highest BCUT2D eigenvalue weighted by molar-refractivity contribution is 5.11. The van der Waals surface area contributed by atoms with Crippen LogP contribution in [0.5, 0.6) is 0 Å². The predicted molar refractivity (Wildman–Crippen MR) is 142 cm³/mol. The molecule has 1 nitrogen and oxygen atoms in total. The lowest BCUT2D eigenvalue weighted by Crippen LogP contribution is -2.56. The predicted octanol–water partition coefficient (Wildman–Crippen LogP) is 9.28. The molecular weight excluding hydrogens is 400 g/mol. The van der Waals surface area contributed by atoms with E-state index in [9.17, 15) is 5.11 Å². The minimum Gasteiger partial charge on any atom is -0.390 e. The first kappa shape index (κ1) is 26.0. The van der Waals surface area contributed by atoms with Gasteiger partial charge in [-0.2, -0.15) is 0 Å². The van der Waals surface area contributed by atoms with Crippen molar-refractivity contribution in [2.45, 2.75) is 144 Å². The van der Waals surface area contributed by atoms with E-state index in [1.165, 1.54) is 64.2 Å². The van der Waals surface area contributed by atoms with E-state index in [0.717, 1.165) is 60.7 Å². The van der Waals surface area contributed by atoms with Gasteiger partial charge in [0.2, 0.25) is 0 Å². The van der Waals surface area contributed by atoms with Gasteiger partial charge in [0, 0.05) is 0 Å². The molecule has 0 aromatic rings. The first-order valence-electron chi connectivity index (χ1n) is 15.0. The van der Waals surface area contributed by atoms with Crippen LogP contribution in [0, 0.1) is 57.7 Å². The zero-order valence-corrected chi connectivity index (χ0v) is 23.7. The Morgan fingerprint density at radius 1 is 0.818 bits per heavy atom. The summed E-state index contributed by atoms with van der Waals surface area (Å²) >= 11 is 0. The molecule has 4 saturated carbocycles. The van der Waals surface area contributed by atoms with Gasteiger partial charge in [-0.25, -0.2) is 0 Å². The number of hydrogen-bond acceptors (Lipinski definition) is 1. The fraction of sp³-hybridized carbons (Fsp3) is 1.00. The zero-order valence-electron chi connectivity index (χ0n) is 23.7. The van der Waals surface area contributed by atoms with Crippen LogP contribution in [0.15, 0.2) is 0 Å². The summed E-state index contributed by atoms with van der Waals surface area (Å²) < 4.78 is 0. The third kappa shape index (κ3) is 4.97. The molecular formula is C32H58O. The molecule has 0 heterocycles. The van der Waals surface area contributed by atoms with Gasteiger partial charge in [-0.05, 0) is 122 Å². The Labute approximate surface area is 207 Å². The van der Waals surface area contributed by atoms with Crippen molar-refractivity contribution >= 4 is 0 Å². The molecule has 4 rings (SSSR count). The summed E-state index contributed by atoms with van der Waals surface area (Å²) in [7, 11) is 0. The smallest absolute Gasteiger partial charge is 0.0655 e. The average molecular weight is 459 g/mol. The molecule has 0 aliphatic heterocycles. The van der Waals surface area contributed by atoms with E-state index >= 15 is 0 Å². The first-order chi connectivity index (χ1) is 15.3. The molecule has 1 N–H and O–H groups in total. The minimum atomic E-state index is -0.414. The summed E-state index contributed by atoms with van der Waals surface area (Å²) in [5.41, 5.74) is 0.887. The van der Waals surface area contributed by atoms with Crippen molar-refractivity contribution in [2.75, 3.05) is 0 Å². The molecule has 4 aliphatic rings. The van der Waals surface area contributed by atoms with Crippen molar-refractivity contribution in [3.63, 3.8) is 0 Å². The molecule has 9 atom stereocenters. The van der Waals surface area contributed by atoms with E-state index in [4.69, 9.17) is 0 Å². The van der Waals surface area contributed by atoms with Crippen LogP contribution in [0.3, 0.4) is 0 Å². The van der Waals surface area contributed by atoms with Gasteiger partial charge in [0.25, 0.3) is 0 Å². The summed E-state index contributed by atoms with van der Waals surface area (Å²) in [4.78, 5) is 0. The van der Waals surface area contributed by atoms with Gasteiger partial charge in [0.1, 0.15) is 0 Å². The maximum absolute atomic E-state index is 11.5. The Bertz CT molecular complexity index is 674. The van der Waals surface area contributed by atoms with E-state index in [-0.39, 0.29) is 5.41 Å². The number of hydrogen-bond donors (Lipinski definition) is 1. The molecule has 0 saturated heterocycles. The van der Waals surface area contributed by atoms with Gasteiger partial charge < -0.3 is 5.11 Å².